The number of rotatable bonds is 1. The van der Waals surface area contributed by atoms with Gasteiger partial charge in [0.25, 0.3) is 0 Å². The molecule has 0 spiro atoms. The smallest absolute Gasteiger partial charge is 0.223 e. The minimum atomic E-state index is -0.343. The van der Waals surface area contributed by atoms with Crippen molar-refractivity contribution in [1.29, 1.82) is 0 Å². The summed E-state index contributed by atoms with van der Waals surface area (Å²) in [7, 11) is 2.73. The molecule has 1 rings (SSSR count). The van der Waals surface area contributed by atoms with Crippen molar-refractivity contribution in [3.63, 3.8) is 0 Å². The van der Waals surface area contributed by atoms with Gasteiger partial charge in [-0.3, -0.25) is 9.59 Å². The largest absolute Gasteiger partial charge is 0.344 e. The third kappa shape index (κ3) is 1.95. The van der Waals surface area contributed by atoms with Gasteiger partial charge in [-0.2, -0.15) is 0 Å². The van der Waals surface area contributed by atoms with Gasteiger partial charge < -0.3 is 5.32 Å². The fourth-order valence-corrected chi connectivity index (χ4v) is 3.52. The molecule has 0 aromatic carbocycles. The van der Waals surface area contributed by atoms with Crippen molar-refractivity contribution in [3.8, 4) is 0 Å². The van der Waals surface area contributed by atoms with Crippen molar-refractivity contribution in [2.24, 2.45) is 0 Å². The first-order valence-corrected chi connectivity index (χ1v) is 5.75. The van der Waals surface area contributed by atoms with Gasteiger partial charge in [0.1, 0.15) is 6.04 Å². The molecular weight excluding hydrogens is 194 g/mol. The number of carbonyl (C=O) groups is 2. The molecule has 0 aromatic rings. The quantitative estimate of drug-likeness (QED) is 0.653. The number of nitrogens with one attached hydrogen (secondary N) is 1. The van der Waals surface area contributed by atoms with Crippen LogP contribution in [0.5, 0.6) is 0 Å². The molecule has 1 fully saturated rings. The van der Waals surface area contributed by atoms with Crippen LogP contribution in [0.2, 0.25) is 0 Å². The predicted molar refractivity (Wildman–Crippen MR) is 51.9 cm³/mol. The van der Waals surface area contributed by atoms with Crippen LogP contribution in [0, 0.1) is 0 Å². The maximum atomic E-state index is 11.3. The highest BCUT2D eigenvalue weighted by Crippen LogP contribution is 2.47. The highest BCUT2D eigenvalue weighted by Gasteiger charge is 2.43. The average Bonchev–Trinajstić information content (AvgIpc) is 2.15. The summed E-state index contributed by atoms with van der Waals surface area (Å²) in [6.45, 7) is 5.34. The number of hydrogen-bond acceptors (Lipinski definition) is 4. The highest BCUT2D eigenvalue weighted by atomic mass is 33.1. The monoisotopic (exact) mass is 205 g/mol. The Labute approximate surface area is 79.4 Å². The molecule has 1 heterocycles. The zero-order chi connectivity index (χ0) is 9.35. The van der Waals surface area contributed by atoms with Crippen molar-refractivity contribution in [2.75, 3.05) is 0 Å². The Bertz CT molecular complexity index is 227. The molecule has 1 atom stereocenters. The Hall–Kier alpha value is -0.160. The fraction of sp³-hybridized carbons (Fsp3) is 0.714. The number of carbonyl (C=O) groups excluding carboxylic acids is 2. The molecule has 1 saturated heterocycles. The number of amides is 1. The molecule has 68 valence electrons. The summed E-state index contributed by atoms with van der Waals surface area (Å²) in [5.74, 6) is -0.149. The first-order valence-electron chi connectivity index (χ1n) is 3.60. The van der Waals surface area contributed by atoms with E-state index < -0.39 is 0 Å². The van der Waals surface area contributed by atoms with E-state index in [1.807, 2.05) is 13.8 Å². The van der Waals surface area contributed by atoms with Crippen LogP contribution in [0.3, 0.4) is 0 Å². The van der Waals surface area contributed by atoms with E-state index in [4.69, 9.17) is 0 Å². The lowest BCUT2D eigenvalue weighted by molar-refractivity contribution is -0.123. The van der Waals surface area contributed by atoms with Gasteiger partial charge in [0, 0.05) is 11.7 Å². The highest BCUT2D eigenvalue weighted by molar-refractivity contribution is 8.83. The third-order valence-corrected chi connectivity index (χ3v) is 4.80. The van der Waals surface area contributed by atoms with E-state index in [9.17, 15) is 9.59 Å². The molecule has 1 amide bonds. The minimum absolute atomic E-state index is 0.0419. The lowest BCUT2D eigenvalue weighted by atomic mass is 10.0. The fourth-order valence-electron chi connectivity index (χ4n) is 0.964. The van der Waals surface area contributed by atoms with Crippen LogP contribution in [0.4, 0.5) is 0 Å². The van der Waals surface area contributed by atoms with E-state index in [1.54, 1.807) is 0 Å². The summed E-state index contributed by atoms with van der Waals surface area (Å²) < 4.78 is -0.187. The molecule has 1 aliphatic heterocycles. The van der Waals surface area contributed by atoms with E-state index in [-0.39, 0.29) is 21.8 Å². The average molecular weight is 205 g/mol. The number of hydrogen-bond donors (Lipinski definition) is 1. The molecule has 0 aromatic heterocycles. The van der Waals surface area contributed by atoms with Crippen LogP contribution in [-0.2, 0) is 9.59 Å². The Morgan fingerprint density at radius 1 is 1.58 bits per heavy atom. The van der Waals surface area contributed by atoms with Crippen LogP contribution in [0.25, 0.3) is 0 Å². The molecule has 0 unspecified atom stereocenters. The van der Waals surface area contributed by atoms with Gasteiger partial charge in [-0.15, -0.1) is 0 Å². The van der Waals surface area contributed by atoms with Gasteiger partial charge >= 0.3 is 0 Å². The van der Waals surface area contributed by atoms with E-state index in [0.29, 0.717) is 0 Å². The SMILES string of the molecule is CC(=O)N[C@@H]1C(=O)SSC1(C)C. The van der Waals surface area contributed by atoms with E-state index in [1.165, 1.54) is 28.5 Å². The molecule has 0 radical (unpaired) electrons. The molecule has 12 heavy (non-hydrogen) atoms. The molecule has 0 saturated carbocycles. The Kier molecular flexibility index (Phi) is 2.73. The molecule has 0 aliphatic carbocycles. The summed E-state index contributed by atoms with van der Waals surface area (Å²) in [5.41, 5.74) is 0. The minimum Gasteiger partial charge on any atom is -0.344 e. The first kappa shape index (κ1) is 9.92. The second-order valence-corrected chi connectivity index (χ2v) is 6.01. The maximum absolute atomic E-state index is 11.3. The second kappa shape index (κ2) is 3.30. The molecule has 1 N–H and O–H groups in total. The Morgan fingerprint density at radius 3 is 2.50 bits per heavy atom. The standard InChI is InChI=1S/C7H11NO2S2/c1-4(9)8-5-6(10)11-12-7(5,2)3/h5H,1-3H3,(H,8,9)/t5-/m1/s1. The van der Waals surface area contributed by atoms with Crippen molar-refractivity contribution in [3.05, 3.63) is 0 Å². The van der Waals surface area contributed by atoms with Gasteiger partial charge in [-0.05, 0) is 24.6 Å². The summed E-state index contributed by atoms with van der Waals surface area (Å²) in [4.78, 5) is 22.0. The lowest BCUT2D eigenvalue weighted by Crippen LogP contribution is -2.47. The van der Waals surface area contributed by atoms with Crippen molar-refractivity contribution in [1.82, 2.24) is 5.32 Å². The molecule has 0 bridgehead atoms. The normalized spacial score (nSPS) is 27.2. The van der Waals surface area contributed by atoms with E-state index in [0.717, 1.165) is 0 Å². The van der Waals surface area contributed by atoms with Crippen LogP contribution >= 0.6 is 21.6 Å². The zero-order valence-electron chi connectivity index (χ0n) is 7.21. The zero-order valence-corrected chi connectivity index (χ0v) is 8.84. The van der Waals surface area contributed by atoms with Crippen molar-refractivity contribution < 1.29 is 9.59 Å². The van der Waals surface area contributed by atoms with Gasteiger partial charge in [0.15, 0.2) is 0 Å². The second-order valence-electron chi connectivity index (χ2n) is 3.22. The first-order chi connectivity index (χ1) is 5.43. The van der Waals surface area contributed by atoms with Gasteiger partial charge in [-0.1, -0.05) is 10.8 Å². The molecule has 3 nitrogen and oxygen atoms in total. The molecule has 1 aliphatic rings. The van der Waals surface area contributed by atoms with Crippen LogP contribution < -0.4 is 5.32 Å². The summed E-state index contributed by atoms with van der Waals surface area (Å²) in [5, 5.41) is 2.69. The van der Waals surface area contributed by atoms with Gasteiger partial charge in [-0.25, -0.2) is 0 Å². The predicted octanol–water partition coefficient (Wildman–Crippen LogP) is 1.19. The van der Waals surface area contributed by atoms with E-state index >= 15 is 0 Å². The van der Waals surface area contributed by atoms with Gasteiger partial charge in [0.2, 0.25) is 11.0 Å². The molecule has 5 heteroatoms. The van der Waals surface area contributed by atoms with E-state index in [2.05, 4.69) is 5.32 Å². The van der Waals surface area contributed by atoms with Crippen LogP contribution in [0.1, 0.15) is 20.8 Å². The van der Waals surface area contributed by atoms with Crippen molar-refractivity contribution in [2.45, 2.75) is 31.6 Å². The topological polar surface area (TPSA) is 46.2 Å². The van der Waals surface area contributed by atoms with Gasteiger partial charge in [0.05, 0.1) is 0 Å². The van der Waals surface area contributed by atoms with Crippen LogP contribution in [0.15, 0.2) is 0 Å². The molecular formula is C7H11NO2S2. The lowest BCUT2D eigenvalue weighted by Gasteiger charge is -2.23. The summed E-state index contributed by atoms with van der Waals surface area (Å²) >= 11 is 0. The maximum Gasteiger partial charge on any atom is 0.223 e. The summed E-state index contributed by atoms with van der Waals surface area (Å²) in [6.07, 6.45) is 0. The van der Waals surface area contributed by atoms with Crippen molar-refractivity contribution >= 4 is 32.6 Å². The third-order valence-electron chi connectivity index (χ3n) is 1.62. The van der Waals surface area contributed by atoms with Crippen LogP contribution in [-0.4, -0.2) is 21.8 Å². The Morgan fingerprint density at radius 2 is 2.17 bits per heavy atom. The summed E-state index contributed by atoms with van der Waals surface area (Å²) in [6, 6.07) is -0.343. The Balaban J connectivity index is 2.71.